The Balaban J connectivity index is 2.61. The smallest absolute Gasteiger partial charge is 0.326 e. The van der Waals surface area contributed by atoms with E-state index >= 15 is 0 Å². The number of rotatable bonds is 3. The van der Waals surface area contributed by atoms with Gasteiger partial charge in [0, 0.05) is 13.2 Å². The van der Waals surface area contributed by atoms with Crippen molar-refractivity contribution in [2.45, 2.75) is 19.9 Å². The van der Waals surface area contributed by atoms with Gasteiger partial charge < -0.3 is 10.1 Å². The molecule has 0 aliphatic rings. The Morgan fingerprint density at radius 2 is 2.27 bits per heavy atom. The van der Waals surface area contributed by atoms with Gasteiger partial charge in [-0.15, -0.1) is 0 Å². The number of imidazole rings is 1. The van der Waals surface area contributed by atoms with Crippen molar-refractivity contribution in [1.29, 1.82) is 0 Å². The highest BCUT2D eigenvalue weighted by molar-refractivity contribution is 5.78. The van der Waals surface area contributed by atoms with Crippen LogP contribution in [0.25, 0.3) is 11.0 Å². The first kappa shape index (κ1) is 9.98. The lowest BCUT2D eigenvalue weighted by atomic mass is 10.2. The fourth-order valence-corrected chi connectivity index (χ4v) is 1.84. The Labute approximate surface area is 87.2 Å². The SMILES string of the molecule is Cc1cccc2[nH]c(=O)n(CCCO)c12. The summed E-state index contributed by atoms with van der Waals surface area (Å²) in [4.78, 5) is 14.4. The molecular formula is C11H14N2O2. The summed E-state index contributed by atoms with van der Waals surface area (Å²) in [6, 6.07) is 5.79. The predicted octanol–water partition coefficient (Wildman–Crippen LogP) is 1.02. The van der Waals surface area contributed by atoms with Crippen LogP contribution in [-0.2, 0) is 6.54 Å². The molecule has 0 atom stereocenters. The lowest BCUT2D eigenvalue weighted by Crippen LogP contribution is -2.17. The molecule has 15 heavy (non-hydrogen) atoms. The number of aliphatic hydroxyl groups is 1. The molecule has 80 valence electrons. The van der Waals surface area contributed by atoms with E-state index in [0.29, 0.717) is 13.0 Å². The van der Waals surface area contributed by atoms with E-state index in [1.165, 1.54) is 0 Å². The summed E-state index contributed by atoms with van der Waals surface area (Å²) in [7, 11) is 0. The molecule has 1 aromatic heterocycles. The third kappa shape index (κ3) is 1.68. The largest absolute Gasteiger partial charge is 0.396 e. The van der Waals surface area contributed by atoms with Crippen molar-refractivity contribution in [2.24, 2.45) is 0 Å². The van der Waals surface area contributed by atoms with Crippen molar-refractivity contribution in [2.75, 3.05) is 6.61 Å². The summed E-state index contributed by atoms with van der Waals surface area (Å²) in [6.45, 7) is 2.64. The standard InChI is InChI=1S/C11H14N2O2/c1-8-4-2-5-9-10(8)13(6-3-7-14)11(15)12-9/h2,4-5,14H,3,6-7H2,1H3,(H,12,15). The Morgan fingerprint density at radius 3 is 3.00 bits per heavy atom. The summed E-state index contributed by atoms with van der Waals surface area (Å²) in [5.74, 6) is 0. The van der Waals surface area contributed by atoms with Crippen LogP contribution >= 0.6 is 0 Å². The van der Waals surface area contributed by atoms with Gasteiger partial charge in [-0.25, -0.2) is 4.79 Å². The summed E-state index contributed by atoms with van der Waals surface area (Å²) < 4.78 is 1.68. The molecule has 1 heterocycles. The molecule has 0 amide bonds. The van der Waals surface area contributed by atoms with Crippen molar-refractivity contribution in [3.63, 3.8) is 0 Å². The third-order valence-electron chi connectivity index (χ3n) is 2.53. The Hall–Kier alpha value is -1.55. The summed E-state index contributed by atoms with van der Waals surface area (Å²) in [5.41, 5.74) is 2.77. The Kier molecular flexibility index (Phi) is 2.60. The molecule has 0 saturated carbocycles. The molecular weight excluding hydrogens is 192 g/mol. The second-order valence-corrected chi connectivity index (χ2v) is 3.63. The Bertz CT molecular complexity index is 525. The number of benzene rings is 1. The second-order valence-electron chi connectivity index (χ2n) is 3.63. The van der Waals surface area contributed by atoms with Crippen LogP contribution in [0.2, 0.25) is 0 Å². The van der Waals surface area contributed by atoms with Crippen molar-refractivity contribution in [3.05, 3.63) is 34.2 Å². The van der Waals surface area contributed by atoms with Gasteiger partial charge in [-0.1, -0.05) is 12.1 Å². The van der Waals surface area contributed by atoms with Crippen molar-refractivity contribution >= 4 is 11.0 Å². The fraction of sp³-hybridized carbons (Fsp3) is 0.364. The van der Waals surface area contributed by atoms with Gasteiger partial charge in [-0.05, 0) is 25.0 Å². The lowest BCUT2D eigenvalue weighted by molar-refractivity contribution is 0.280. The summed E-state index contributed by atoms with van der Waals surface area (Å²) in [6.07, 6.45) is 0.598. The highest BCUT2D eigenvalue weighted by Gasteiger charge is 2.07. The molecule has 0 aliphatic carbocycles. The van der Waals surface area contributed by atoms with E-state index in [2.05, 4.69) is 4.98 Å². The molecule has 4 nitrogen and oxygen atoms in total. The van der Waals surface area contributed by atoms with Gasteiger partial charge in [0.15, 0.2) is 0 Å². The number of aromatic nitrogens is 2. The topological polar surface area (TPSA) is 58.0 Å². The van der Waals surface area contributed by atoms with Gasteiger partial charge in [-0.3, -0.25) is 4.57 Å². The van der Waals surface area contributed by atoms with Crippen LogP contribution in [0.5, 0.6) is 0 Å². The minimum absolute atomic E-state index is 0.102. The van der Waals surface area contributed by atoms with E-state index < -0.39 is 0 Å². The monoisotopic (exact) mass is 206 g/mol. The predicted molar refractivity (Wildman–Crippen MR) is 59.0 cm³/mol. The maximum Gasteiger partial charge on any atom is 0.326 e. The zero-order chi connectivity index (χ0) is 10.8. The highest BCUT2D eigenvalue weighted by atomic mass is 16.3. The molecule has 0 unspecified atom stereocenters. The molecule has 0 bridgehead atoms. The van der Waals surface area contributed by atoms with Crippen LogP contribution in [0.3, 0.4) is 0 Å². The molecule has 0 fully saturated rings. The van der Waals surface area contributed by atoms with E-state index in [9.17, 15) is 4.79 Å². The molecule has 2 N–H and O–H groups in total. The molecule has 2 aromatic rings. The van der Waals surface area contributed by atoms with Crippen LogP contribution in [0.1, 0.15) is 12.0 Å². The van der Waals surface area contributed by atoms with E-state index in [0.717, 1.165) is 16.6 Å². The lowest BCUT2D eigenvalue weighted by Gasteiger charge is -2.03. The quantitative estimate of drug-likeness (QED) is 0.787. The minimum Gasteiger partial charge on any atom is -0.396 e. The first-order chi connectivity index (χ1) is 7.24. The van der Waals surface area contributed by atoms with E-state index in [1.54, 1.807) is 4.57 Å². The number of hydrogen-bond acceptors (Lipinski definition) is 2. The van der Waals surface area contributed by atoms with Crippen LogP contribution < -0.4 is 5.69 Å². The number of para-hydroxylation sites is 1. The number of fused-ring (bicyclic) bond motifs is 1. The second kappa shape index (κ2) is 3.90. The van der Waals surface area contributed by atoms with Crippen LogP contribution in [0.4, 0.5) is 0 Å². The highest BCUT2D eigenvalue weighted by Crippen LogP contribution is 2.14. The van der Waals surface area contributed by atoms with E-state index in [-0.39, 0.29) is 12.3 Å². The number of H-pyrrole nitrogens is 1. The fourth-order valence-electron chi connectivity index (χ4n) is 1.84. The van der Waals surface area contributed by atoms with Crippen molar-refractivity contribution in [3.8, 4) is 0 Å². The van der Waals surface area contributed by atoms with Gasteiger partial charge in [0.1, 0.15) is 0 Å². The zero-order valence-corrected chi connectivity index (χ0v) is 8.66. The van der Waals surface area contributed by atoms with Crippen LogP contribution in [0.15, 0.2) is 23.0 Å². The molecule has 0 spiro atoms. The number of hydrogen-bond donors (Lipinski definition) is 2. The molecule has 2 rings (SSSR count). The average molecular weight is 206 g/mol. The van der Waals surface area contributed by atoms with E-state index in [4.69, 9.17) is 5.11 Å². The van der Waals surface area contributed by atoms with Crippen molar-refractivity contribution < 1.29 is 5.11 Å². The normalized spacial score (nSPS) is 11.1. The van der Waals surface area contributed by atoms with Crippen LogP contribution in [0, 0.1) is 6.92 Å². The number of aromatic amines is 1. The third-order valence-corrected chi connectivity index (χ3v) is 2.53. The maximum atomic E-state index is 11.6. The molecule has 0 aliphatic heterocycles. The van der Waals surface area contributed by atoms with E-state index in [1.807, 2.05) is 25.1 Å². The number of aliphatic hydroxyl groups excluding tert-OH is 1. The molecule has 0 saturated heterocycles. The molecule has 4 heteroatoms. The summed E-state index contributed by atoms with van der Waals surface area (Å²) in [5, 5.41) is 8.77. The van der Waals surface area contributed by atoms with Crippen LogP contribution in [-0.4, -0.2) is 21.3 Å². The van der Waals surface area contributed by atoms with Crippen molar-refractivity contribution in [1.82, 2.24) is 9.55 Å². The van der Waals surface area contributed by atoms with Gasteiger partial charge in [-0.2, -0.15) is 0 Å². The number of nitrogens with zero attached hydrogens (tertiary/aromatic N) is 1. The molecule has 0 radical (unpaired) electrons. The van der Waals surface area contributed by atoms with Gasteiger partial charge in [0.05, 0.1) is 11.0 Å². The first-order valence-electron chi connectivity index (χ1n) is 5.03. The zero-order valence-electron chi connectivity index (χ0n) is 8.66. The minimum atomic E-state index is -0.104. The van der Waals surface area contributed by atoms with Gasteiger partial charge in [0.25, 0.3) is 0 Å². The maximum absolute atomic E-state index is 11.6. The molecule has 1 aromatic carbocycles. The number of nitrogens with one attached hydrogen (secondary N) is 1. The Morgan fingerprint density at radius 1 is 1.47 bits per heavy atom. The van der Waals surface area contributed by atoms with Gasteiger partial charge in [0.2, 0.25) is 0 Å². The average Bonchev–Trinajstić information content (AvgIpc) is 2.53. The van der Waals surface area contributed by atoms with Gasteiger partial charge >= 0.3 is 5.69 Å². The first-order valence-corrected chi connectivity index (χ1v) is 5.03. The summed E-state index contributed by atoms with van der Waals surface area (Å²) >= 11 is 0. The number of aryl methyl sites for hydroxylation is 2.